The van der Waals surface area contributed by atoms with Gasteiger partial charge in [0.15, 0.2) is 0 Å². The van der Waals surface area contributed by atoms with E-state index in [1.165, 1.54) is 0 Å². The third kappa shape index (κ3) is 3.69. The smallest absolute Gasteiger partial charge is 0.310 e. The van der Waals surface area contributed by atoms with Crippen molar-refractivity contribution >= 4 is 11.9 Å². The lowest BCUT2D eigenvalue weighted by atomic mass is 9.76. The Kier molecular flexibility index (Phi) is 5.35. The number of carbonyl (C=O) groups is 2. The first-order valence-corrected chi connectivity index (χ1v) is 6.86. The summed E-state index contributed by atoms with van der Waals surface area (Å²) in [6.07, 6.45) is 1.70. The highest BCUT2D eigenvalue weighted by molar-refractivity contribution is 5.85. The molecule has 0 aromatic rings. The molecule has 1 heterocycles. The number of rotatable bonds is 5. The van der Waals surface area contributed by atoms with Gasteiger partial charge >= 0.3 is 5.97 Å². The lowest BCUT2D eigenvalue weighted by Gasteiger charge is -2.35. The van der Waals surface area contributed by atoms with Crippen LogP contribution in [-0.2, 0) is 14.3 Å². The fraction of sp³-hybridized carbons (Fsp3) is 0.857. The number of hydrogen-bond acceptors (Lipinski definition) is 3. The summed E-state index contributed by atoms with van der Waals surface area (Å²) in [6.45, 7) is 6.67. The van der Waals surface area contributed by atoms with Gasteiger partial charge in [0.05, 0.1) is 5.41 Å². The number of nitrogens with zero attached hydrogens (tertiary/aromatic N) is 1. The van der Waals surface area contributed by atoms with E-state index in [9.17, 15) is 14.7 Å². The standard InChI is InChI=1S/C14H25NO4/c1-10(2)14(3,13(17)18)9-12(16)15(4)11-5-7-19-8-6-11/h10-11H,5-9H2,1-4H3,(H,17,18). The highest BCUT2D eigenvalue weighted by atomic mass is 16.5. The second-order valence-electron chi connectivity index (χ2n) is 5.90. The molecule has 1 unspecified atom stereocenters. The first-order valence-electron chi connectivity index (χ1n) is 6.86. The van der Waals surface area contributed by atoms with Crippen LogP contribution >= 0.6 is 0 Å². The molecule has 5 heteroatoms. The zero-order valence-corrected chi connectivity index (χ0v) is 12.3. The van der Waals surface area contributed by atoms with Crippen molar-refractivity contribution < 1.29 is 19.4 Å². The van der Waals surface area contributed by atoms with Gasteiger partial charge in [-0.25, -0.2) is 0 Å². The number of hydrogen-bond donors (Lipinski definition) is 1. The van der Waals surface area contributed by atoms with Crippen molar-refractivity contribution in [3.8, 4) is 0 Å². The van der Waals surface area contributed by atoms with Gasteiger partial charge in [0.25, 0.3) is 0 Å². The Hall–Kier alpha value is -1.10. The zero-order valence-electron chi connectivity index (χ0n) is 12.3. The Labute approximate surface area is 114 Å². The average molecular weight is 271 g/mol. The van der Waals surface area contributed by atoms with Gasteiger partial charge in [0, 0.05) is 32.7 Å². The van der Waals surface area contributed by atoms with Gasteiger partial charge in [-0.1, -0.05) is 13.8 Å². The van der Waals surface area contributed by atoms with Crippen molar-refractivity contribution in [2.45, 2.75) is 46.1 Å². The predicted molar refractivity (Wildman–Crippen MR) is 71.8 cm³/mol. The number of carbonyl (C=O) groups excluding carboxylic acids is 1. The molecular weight excluding hydrogens is 246 g/mol. The summed E-state index contributed by atoms with van der Waals surface area (Å²) in [5.41, 5.74) is -1.00. The van der Waals surface area contributed by atoms with Gasteiger partial charge in [-0.05, 0) is 25.7 Å². The molecule has 0 aliphatic carbocycles. The Morgan fingerprint density at radius 3 is 2.32 bits per heavy atom. The lowest BCUT2D eigenvalue weighted by Crippen LogP contribution is -2.45. The van der Waals surface area contributed by atoms with E-state index in [1.54, 1.807) is 18.9 Å². The topological polar surface area (TPSA) is 66.8 Å². The van der Waals surface area contributed by atoms with E-state index in [1.807, 2.05) is 13.8 Å². The first-order chi connectivity index (χ1) is 8.79. The molecule has 0 aromatic carbocycles. The van der Waals surface area contributed by atoms with Gasteiger partial charge in [-0.15, -0.1) is 0 Å². The van der Waals surface area contributed by atoms with E-state index >= 15 is 0 Å². The Bertz CT molecular complexity index is 336. The highest BCUT2D eigenvalue weighted by Crippen LogP contribution is 2.32. The molecule has 1 aliphatic heterocycles. The number of ether oxygens (including phenoxy) is 1. The SMILES string of the molecule is CC(C)C(C)(CC(=O)N(C)C1CCOCC1)C(=O)O. The molecule has 1 saturated heterocycles. The molecule has 1 aliphatic rings. The van der Waals surface area contributed by atoms with Crippen LogP contribution < -0.4 is 0 Å². The molecule has 1 amide bonds. The summed E-state index contributed by atoms with van der Waals surface area (Å²) in [7, 11) is 1.76. The molecule has 0 radical (unpaired) electrons. The molecule has 19 heavy (non-hydrogen) atoms. The maximum Gasteiger partial charge on any atom is 0.310 e. The van der Waals surface area contributed by atoms with Crippen LogP contribution in [-0.4, -0.2) is 48.2 Å². The van der Waals surface area contributed by atoms with Crippen LogP contribution in [0, 0.1) is 11.3 Å². The zero-order chi connectivity index (χ0) is 14.6. The van der Waals surface area contributed by atoms with Crippen molar-refractivity contribution in [1.29, 1.82) is 0 Å². The largest absolute Gasteiger partial charge is 0.481 e. The number of carboxylic acid groups (broad SMARTS) is 1. The van der Waals surface area contributed by atoms with E-state index in [0.717, 1.165) is 12.8 Å². The third-order valence-electron chi connectivity index (χ3n) is 4.41. The number of aliphatic carboxylic acids is 1. The minimum absolute atomic E-state index is 0.0495. The highest BCUT2D eigenvalue weighted by Gasteiger charge is 2.40. The van der Waals surface area contributed by atoms with Crippen molar-refractivity contribution in [3.63, 3.8) is 0 Å². The Balaban J connectivity index is 2.68. The maximum atomic E-state index is 12.3. The monoisotopic (exact) mass is 271 g/mol. The van der Waals surface area contributed by atoms with Gasteiger partial charge in [-0.2, -0.15) is 0 Å². The van der Waals surface area contributed by atoms with Crippen LogP contribution in [0.4, 0.5) is 0 Å². The van der Waals surface area contributed by atoms with E-state index in [4.69, 9.17) is 4.74 Å². The molecular formula is C14H25NO4. The van der Waals surface area contributed by atoms with Crippen molar-refractivity contribution in [3.05, 3.63) is 0 Å². The molecule has 0 spiro atoms. The van der Waals surface area contributed by atoms with Crippen LogP contribution in [0.2, 0.25) is 0 Å². The van der Waals surface area contributed by atoms with Crippen LogP contribution in [0.15, 0.2) is 0 Å². The predicted octanol–water partition coefficient (Wildman–Crippen LogP) is 1.76. The molecule has 1 atom stereocenters. The van der Waals surface area contributed by atoms with Crippen molar-refractivity contribution in [2.24, 2.45) is 11.3 Å². The van der Waals surface area contributed by atoms with Crippen LogP contribution in [0.25, 0.3) is 0 Å². The number of amides is 1. The minimum Gasteiger partial charge on any atom is -0.481 e. The molecule has 0 saturated carbocycles. The maximum absolute atomic E-state index is 12.3. The van der Waals surface area contributed by atoms with Gasteiger partial charge in [0.1, 0.15) is 0 Å². The Morgan fingerprint density at radius 2 is 1.89 bits per heavy atom. The van der Waals surface area contributed by atoms with Crippen LogP contribution in [0.5, 0.6) is 0 Å². The number of carboxylic acids is 1. The summed E-state index contributed by atoms with van der Waals surface area (Å²) in [5, 5.41) is 9.35. The molecule has 1 N–H and O–H groups in total. The quantitative estimate of drug-likeness (QED) is 0.827. The van der Waals surface area contributed by atoms with E-state index < -0.39 is 11.4 Å². The fourth-order valence-corrected chi connectivity index (χ4v) is 2.24. The van der Waals surface area contributed by atoms with E-state index in [-0.39, 0.29) is 24.3 Å². The molecule has 1 rings (SSSR count). The summed E-state index contributed by atoms with van der Waals surface area (Å²) >= 11 is 0. The van der Waals surface area contributed by atoms with Gasteiger partial charge in [0.2, 0.25) is 5.91 Å². The van der Waals surface area contributed by atoms with Gasteiger partial charge < -0.3 is 14.7 Å². The first kappa shape index (κ1) is 16.0. The Morgan fingerprint density at radius 1 is 1.37 bits per heavy atom. The van der Waals surface area contributed by atoms with Crippen molar-refractivity contribution in [1.82, 2.24) is 4.90 Å². The summed E-state index contributed by atoms with van der Waals surface area (Å²) in [5.74, 6) is -1.08. The molecule has 1 fully saturated rings. The minimum atomic E-state index is -1.00. The molecule has 0 bridgehead atoms. The summed E-state index contributed by atoms with van der Waals surface area (Å²) in [4.78, 5) is 25.4. The summed E-state index contributed by atoms with van der Waals surface area (Å²) in [6, 6.07) is 0.173. The summed E-state index contributed by atoms with van der Waals surface area (Å²) < 4.78 is 5.27. The van der Waals surface area contributed by atoms with Crippen LogP contribution in [0.1, 0.15) is 40.0 Å². The molecule has 5 nitrogen and oxygen atoms in total. The second-order valence-corrected chi connectivity index (χ2v) is 5.90. The molecule has 0 aromatic heterocycles. The third-order valence-corrected chi connectivity index (χ3v) is 4.41. The van der Waals surface area contributed by atoms with E-state index in [2.05, 4.69) is 0 Å². The lowest BCUT2D eigenvalue weighted by molar-refractivity contribution is -0.156. The fourth-order valence-electron chi connectivity index (χ4n) is 2.24. The normalized spacial score (nSPS) is 20.1. The van der Waals surface area contributed by atoms with Crippen LogP contribution in [0.3, 0.4) is 0 Å². The van der Waals surface area contributed by atoms with Gasteiger partial charge in [-0.3, -0.25) is 9.59 Å². The van der Waals surface area contributed by atoms with Crippen molar-refractivity contribution in [2.75, 3.05) is 20.3 Å². The average Bonchev–Trinajstić information content (AvgIpc) is 2.38. The molecule has 110 valence electrons. The second kappa shape index (κ2) is 6.37. The van der Waals surface area contributed by atoms with E-state index in [0.29, 0.717) is 13.2 Å².